The number of hydrogen-bond donors (Lipinski definition) is 2. The Kier molecular flexibility index (Phi) is 3.42. The zero-order valence-electron chi connectivity index (χ0n) is 13.0. The number of fused-ring (bicyclic) bond motifs is 2. The summed E-state index contributed by atoms with van der Waals surface area (Å²) in [5.41, 5.74) is 5.76. The first-order valence-corrected chi connectivity index (χ1v) is 7.53. The molecule has 0 atom stereocenters. The van der Waals surface area contributed by atoms with E-state index in [2.05, 4.69) is 15.5 Å². The van der Waals surface area contributed by atoms with Crippen LogP contribution in [0.25, 0.3) is 10.9 Å². The topological polar surface area (TPSA) is 75.7 Å². The van der Waals surface area contributed by atoms with E-state index < -0.39 is 0 Å². The van der Waals surface area contributed by atoms with Gasteiger partial charge in [0.2, 0.25) is 6.79 Å². The van der Waals surface area contributed by atoms with Crippen LogP contribution in [0.4, 0.5) is 0 Å². The number of hydrazone groups is 1. The molecular weight excluding hydrogens is 306 g/mol. The van der Waals surface area contributed by atoms with E-state index in [4.69, 9.17) is 9.47 Å². The Labute approximate surface area is 138 Å². The number of rotatable bonds is 3. The summed E-state index contributed by atoms with van der Waals surface area (Å²) in [5, 5.41) is 5.28. The van der Waals surface area contributed by atoms with Gasteiger partial charge >= 0.3 is 0 Å². The van der Waals surface area contributed by atoms with Crippen LogP contribution in [0.2, 0.25) is 0 Å². The number of aromatic amines is 1. The van der Waals surface area contributed by atoms with Crippen LogP contribution in [0.15, 0.2) is 53.8 Å². The summed E-state index contributed by atoms with van der Waals surface area (Å²) < 4.78 is 10.5. The molecule has 0 saturated carbocycles. The van der Waals surface area contributed by atoms with Crippen molar-refractivity contribution in [3.05, 3.63) is 59.8 Å². The zero-order chi connectivity index (χ0) is 16.5. The molecule has 0 saturated heterocycles. The quantitative estimate of drug-likeness (QED) is 0.575. The maximum Gasteiger partial charge on any atom is 0.271 e. The molecule has 3 aromatic rings. The molecule has 0 bridgehead atoms. The minimum absolute atomic E-state index is 0.179. The zero-order valence-corrected chi connectivity index (χ0v) is 13.0. The van der Waals surface area contributed by atoms with Gasteiger partial charge in [0.1, 0.15) is 0 Å². The molecule has 120 valence electrons. The number of nitrogens with zero attached hydrogens (tertiary/aromatic N) is 1. The van der Waals surface area contributed by atoms with Crippen LogP contribution in [0.1, 0.15) is 22.8 Å². The Bertz CT molecular complexity index is 959. The van der Waals surface area contributed by atoms with E-state index in [0.717, 1.165) is 22.2 Å². The molecule has 2 aromatic carbocycles. The average Bonchev–Trinajstić information content (AvgIpc) is 3.25. The minimum atomic E-state index is -0.299. The third kappa shape index (κ3) is 2.48. The smallest absolute Gasteiger partial charge is 0.271 e. The molecule has 1 aromatic heterocycles. The highest BCUT2D eigenvalue weighted by Gasteiger charge is 2.16. The fourth-order valence-corrected chi connectivity index (χ4v) is 2.67. The largest absolute Gasteiger partial charge is 0.454 e. The number of ether oxygens (including phenoxy) is 2. The molecule has 0 fully saturated rings. The van der Waals surface area contributed by atoms with Gasteiger partial charge in [-0.1, -0.05) is 18.2 Å². The number of amides is 1. The molecule has 0 aliphatic carbocycles. The van der Waals surface area contributed by atoms with Crippen LogP contribution in [-0.4, -0.2) is 23.4 Å². The second kappa shape index (κ2) is 5.73. The lowest BCUT2D eigenvalue weighted by Crippen LogP contribution is -2.19. The van der Waals surface area contributed by atoms with Gasteiger partial charge in [0.15, 0.2) is 11.5 Å². The van der Waals surface area contributed by atoms with Gasteiger partial charge in [-0.05, 0) is 31.2 Å². The highest BCUT2D eigenvalue weighted by molar-refractivity contribution is 6.10. The number of carbonyl (C=O) groups excluding carboxylic acids is 1. The van der Waals surface area contributed by atoms with Crippen molar-refractivity contribution in [1.29, 1.82) is 0 Å². The molecule has 0 radical (unpaired) electrons. The van der Waals surface area contributed by atoms with Gasteiger partial charge in [-0.25, -0.2) is 5.43 Å². The van der Waals surface area contributed by atoms with Gasteiger partial charge in [-0.3, -0.25) is 4.79 Å². The Morgan fingerprint density at radius 3 is 2.92 bits per heavy atom. The fraction of sp³-hybridized carbons (Fsp3) is 0.111. The van der Waals surface area contributed by atoms with Crippen LogP contribution in [0, 0.1) is 0 Å². The number of benzene rings is 2. The van der Waals surface area contributed by atoms with Gasteiger partial charge in [0.25, 0.3) is 5.91 Å². The summed E-state index contributed by atoms with van der Waals surface area (Å²) in [5.74, 6) is 0.914. The highest BCUT2D eigenvalue weighted by atomic mass is 16.7. The first kappa shape index (κ1) is 14.3. The Morgan fingerprint density at radius 2 is 2.00 bits per heavy atom. The fourth-order valence-electron chi connectivity index (χ4n) is 2.67. The van der Waals surface area contributed by atoms with Gasteiger partial charge in [-0.15, -0.1) is 0 Å². The molecule has 1 amide bonds. The second-order valence-corrected chi connectivity index (χ2v) is 5.45. The highest BCUT2D eigenvalue weighted by Crippen LogP contribution is 2.32. The molecule has 2 heterocycles. The second-order valence-electron chi connectivity index (χ2n) is 5.45. The van der Waals surface area contributed by atoms with Gasteiger partial charge in [0.05, 0.1) is 5.71 Å². The molecular formula is C18H15N3O3. The number of nitrogens with one attached hydrogen (secondary N) is 2. The van der Waals surface area contributed by atoms with Crippen LogP contribution in [0.5, 0.6) is 11.5 Å². The maximum atomic E-state index is 12.3. The summed E-state index contributed by atoms with van der Waals surface area (Å²) in [7, 11) is 0. The molecule has 2 N–H and O–H groups in total. The number of H-pyrrole nitrogens is 1. The van der Waals surface area contributed by atoms with Crippen molar-refractivity contribution >= 4 is 22.5 Å². The number of aromatic nitrogens is 1. The SMILES string of the molecule is C/C(=N\NC(=O)c1ccc2c(c1)OCO2)c1c[nH]c2ccccc12. The van der Waals surface area contributed by atoms with Crippen molar-refractivity contribution < 1.29 is 14.3 Å². The summed E-state index contributed by atoms with van der Waals surface area (Å²) in [4.78, 5) is 15.5. The first-order chi connectivity index (χ1) is 11.7. The summed E-state index contributed by atoms with van der Waals surface area (Å²) >= 11 is 0. The van der Waals surface area contributed by atoms with E-state index in [1.54, 1.807) is 18.2 Å². The minimum Gasteiger partial charge on any atom is -0.454 e. The van der Waals surface area contributed by atoms with E-state index in [1.165, 1.54) is 0 Å². The van der Waals surface area contributed by atoms with Gasteiger partial charge in [0, 0.05) is 28.2 Å². The summed E-state index contributed by atoms with van der Waals surface area (Å²) in [6.07, 6.45) is 1.89. The Balaban J connectivity index is 1.54. The third-order valence-electron chi connectivity index (χ3n) is 3.94. The van der Waals surface area contributed by atoms with E-state index in [9.17, 15) is 4.79 Å². The predicted octanol–water partition coefficient (Wildman–Crippen LogP) is 3.05. The van der Waals surface area contributed by atoms with Crippen LogP contribution >= 0.6 is 0 Å². The van der Waals surface area contributed by atoms with Crippen molar-refractivity contribution in [2.75, 3.05) is 6.79 Å². The van der Waals surface area contributed by atoms with E-state index in [-0.39, 0.29) is 12.7 Å². The third-order valence-corrected chi connectivity index (χ3v) is 3.94. The van der Waals surface area contributed by atoms with Crippen molar-refractivity contribution in [2.24, 2.45) is 5.10 Å². The predicted molar refractivity (Wildman–Crippen MR) is 90.5 cm³/mol. The summed E-state index contributed by atoms with van der Waals surface area (Å²) in [6, 6.07) is 13.0. The van der Waals surface area contributed by atoms with Gasteiger partial charge in [-0.2, -0.15) is 5.10 Å². The standard InChI is InChI=1S/C18H15N3O3/c1-11(14-9-19-15-5-3-2-4-13(14)15)20-21-18(22)12-6-7-16-17(8-12)24-10-23-16/h2-9,19H,10H2,1H3,(H,21,22)/b20-11+. The molecule has 0 spiro atoms. The lowest BCUT2D eigenvalue weighted by Gasteiger charge is -2.03. The van der Waals surface area contributed by atoms with Gasteiger partial charge < -0.3 is 14.5 Å². The lowest BCUT2D eigenvalue weighted by molar-refractivity contribution is 0.0954. The lowest BCUT2D eigenvalue weighted by atomic mass is 10.1. The van der Waals surface area contributed by atoms with Crippen molar-refractivity contribution in [3.63, 3.8) is 0 Å². The average molecular weight is 321 g/mol. The van der Waals surface area contributed by atoms with Crippen molar-refractivity contribution in [1.82, 2.24) is 10.4 Å². The molecule has 4 rings (SSSR count). The number of carbonyl (C=O) groups is 1. The van der Waals surface area contributed by atoms with E-state index in [1.807, 2.05) is 37.4 Å². The van der Waals surface area contributed by atoms with E-state index in [0.29, 0.717) is 17.1 Å². The molecule has 6 nitrogen and oxygen atoms in total. The van der Waals surface area contributed by atoms with Crippen molar-refractivity contribution in [3.8, 4) is 11.5 Å². The maximum absolute atomic E-state index is 12.3. The van der Waals surface area contributed by atoms with Crippen LogP contribution in [-0.2, 0) is 0 Å². The molecule has 6 heteroatoms. The molecule has 1 aliphatic heterocycles. The summed E-state index contributed by atoms with van der Waals surface area (Å²) in [6.45, 7) is 2.04. The van der Waals surface area contributed by atoms with Crippen LogP contribution in [0.3, 0.4) is 0 Å². The molecule has 24 heavy (non-hydrogen) atoms. The van der Waals surface area contributed by atoms with E-state index >= 15 is 0 Å². The molecule has 1 aliphatic rings. The number of hydrogen-bond acceptors (Lipinski definition) is 4. The number of para-hydroxylation sites is 1. The van der Waals surface area contributed by atoms with Crippen LogP contribution < -0.4 is 14.9 Å². The molecule has 0 unspecified atom stereocenters. The Morgan fingerprint density at radius 1 is 1.17 bits per heavy atom. The van der Waals surface area contributed by atoms with Crippen molar-refractivity contribution in [2.45, 2.75) is 6.92 Å². The monoisotopic (exact) mass is 321 g/mol. The normalized spacial score (nSPS) is 13.3. The Hall–Kier alpha value is -3.28. The first-order valence-electron chi connectivity index (χ1n) is 7.53.